The van der Waals surface area contributed by atoms with Gasteiger partial charge in [-0.1, -0.05) is 6.92 Å². The van der Waals surface area contributed by atoms with Crippen molar-refractivity contribution < 1.29 is 9.59 Å². The van der Waals surface area contributed by atoms with Gasteiger partial charge in [0.2, 0.25) is 5.91 Å². The Balaban J connectivity index is 2.64. The first-order valence-electron chi connectivity index (χ1n) is 2.48. The van der Waals surface area contributed by atoms with Crippen molar-refractivity contribution >= 4 is 11.8 Å². The average Bonchev–Trinajstić information content (AvgIpc) is 1.85. The molecule has 0 aliphatic carbocycles. The number of hydrogen-bond acceptors (Lipinski definition) is 2. The summed E-state index contributed by atoms with van der Waals surface area (Å²) in [4.78, 5) is 20.7. The van der Waals surface area contributed by atoms with Crippen LogP contribution in [0.15, 0.2) is 0 Å². The van der Waals surface area contributed by atoms with E-state index in [1.807, 2.05) is 0 Å². The van der Waals surface area contributed by atoms with E-state index in [4.69, 9.17) is 0 Å². The molecule has 3 heteroatoms. The molecule has 1 heterocycles. The Labute approximate surface area is 47.1 Å². The smallest absolute Gasteiger partial charge is 0.252 e. The molecule has 1 atom stereocenters. The number of carbonyl (C=O) groups is 2. The van der Waals surface area contributed by atoms with Gasteiger partial charge in [0.05, 0.1) is 0 Å². The molecule has 1 unspecified atom stereocenters. The van der Waals surface area contributed by atoms with Crippen LogP contribution in [0.25, 0.3) is 0 Å². The summed E-state index contributed by atoms with van der Waals surface area (Å²) in [6, 6.07) is 0. The molecule has 1 aliphatic rings. The molecule has 1 fully saturated rings. The summed E-state index contributed by atoms with van der Waals surface area (Å²) in [5.74, 6) is -0.708. The topological polar surface area (TPSA) is 48.2 Å². The number of imide groups is 1. The minimum Gasteiger partial charge on any atom is -0.272 e. The molecule has 1 radical (unpaired) electrons. The lowest BCUT2D eigenvalue weighted by Crippen LogP contribution is -2.12. The number of hydrogen-bond donors (Lipinski definition) is 0. The molecule has 0 bridgehead atoms. The Hall–Kier alpha value is -0.860. The fourth-order valence-electron chi connectivity index (χ4n) is 0.628. The van der Waals surface area contributed by atoms with Gasteiger partial charge in [-0.25, -0.2) is 0 Å². The van der Waals surface area contributed by atoms with Crippen molar-refractivity contribution in [3.05, 3.63) is 0 Å². The second-order valence-electron chi connectivity index (χ2n) is 1.95. The zero-order valence-electron chi connectivity index (χ0n) is 4.55. The molecule has 8 heavy (non-hydrogen) atoms. The highest BCUT2D eigenvalue weighted by molar-refractivity contribution is 6.02. The highest BCUT2D eigenvalue weighted by Gasteiger charge is 2.27. The molecule has 43 valence electrons. The second kappa shape index (κ2) is 1.58. The van der Waals surface area contributed by atoms with Crippen LogP contribution in [-0.4, -0.2) is 11.8 Å². The third-order valence-electron chi connectivity index (χ3n) is 1.14. The van der Waals surface area contributed by atoms with E-state index >= 15 is 0 Å². The van der Waals surface area contributed by atoms with Gasteiger partial charge in [0.15, 0.2) is 0 Å². The zero-order chi connectivity index (χ0) is 6.15. The van der Waals surface area contributed by atoms with Gasteiger partial charge < -0.3 is 0 Å². The van der Waals surface area contributed by atoms with E-state index in [0.29, 0.717) is 6.42 Å². The van der Waals surface area contributed by atoms with Crippen LogP contribution < -0.4 is 5.32 Å². The van der Waals surface area contributed by atoms with Crippen LogP contribution in [0.4, 0.5) is 0 Å². The summed E-state index contributed by atoms with van der Waals surface area (Å²) >= 11 is 0. The highest BCUT2D eigenvalue weighted by Crippen LogP contribution is 2.09. The number of rotatable bonds is 0. The quantitative estimate of drug-likeness (QED) is 0.403. The van der Waals surface area contributed by atoms with E-state index < -0.39 is 0 Å². The van der Waals surface area contributed by atoms with Crippen molar-refractivity contribution in [2.75, 3.05) is 0 Å². The van der Waals surface area contributed by atoms with E-state index in [0.717, 1.165) is 0 Å². The molecule has 0 aromatic rings. The van der Waals surface area contributed by atoms with Crippen LogP contribution in [-0.2, 0) is 9.59 Å². The third-order valence-corrected chi connectivity index (χ3v) is 1.14. The second-order valence-corrected chi connectivity index (χ2v) is 1.95. The minimum absolute atomic E-state index is 0.164. The normalized spacial score (nSPS) is 28.4. The van der Waals surface area contributed by atoms with Crippen LogP contribution >= 0.6 is 0 Å². The molecule has 3 nitrogen and oxygen atoms in total. The van der Waals surface area contributed by atoms with Crippen LogP contribution in [0.5, 0.6) is 0 Å². The largest absolute Gasteiger partial charge is 0.272 e. The molecule has 2 amide bonds. The van der Waals surface area contributed by atoms with Crippen molar-refractivity contribution in [1.29, 1.82) is 0 Å². The Morgan fingerprint density at radius 2 is 2.25 bits per heavy atom. The van der Waals surface area contributed by atoms with Crippen molar-refractivity contribution in [3.63, 3.8) is 0 Å². The summed E-state index contributed by atoms with van der Waals surface area (Å²) in [5.41, 5.74) is 0. The lowest BCUT2D eigenvalue weighted by Gasteiger charge is -1.86. The molecular formula is C5H6NO2. The van der Waals surface area contributed by atoms with Crippen LogP contribution in [0.3, 0.4) is 0 Å². The van der Waals surface area contributed by atoms with Gasteiger partial charge in [0.1, 0.15) is 0 Å². The predicted molar refractivity (Wildman–Crippen MR) is 25.9 cm³/mol. The number of amides is 2. The van der Waals surface area contributed by atoms with Gasteiger partial charge in [-0.3, -0.25) is 9.59 Å². The average molecular weight is 112 g/mol. The molecular weight excluding hydrogens is 106 g/mol. The maximum absolute atomic E-state index is 10.4. The molecule has 0 aromatic carbocycles. The summed E-state index contributed by atoms with van der Waals surface area (Å²) in [7, 11) is 0. The zero-order valence-corrected chi connectivity index (χ0v) is 4.55. The summed E-state index contributed by atoms with van der Waals surface area (Å²) < 4.78 is 0. The third kappa shape index (κ3) is 0.710. The SMILES string of the molecule is CC1CC(=O)[N]C1=O. The van der Waals surface area contributed by atoms with Crippen molar-refractivity contribution in [2.24, 2.45) is 5.92 Å². The van der Waals surface area contributed by atoms with Gasteiger partial charge >= 0.3 is 0 Å². The van der Waals surface area contributed by atoms with Gasteiger partial charge in [0, 0.05) is 12.3 Å². The van der Waals surface area contributed by atoms with Crippen molar-refractivity contribution in [3.8, 4) is 0 Å². The fourth-order valence-corrected chi connectivity index (χ4v) is 0.628. The lowest BCUT2D eigenvalue weighted by molar-refractivity contribution is -0.126. The van der Waals surface area contributed by atoms with Gasteiger partial charge in [-0.15, -0.1) is 0 Å². The molecule has 0 saturated carbocycles. The molecule has 0 N–H and O–H groups in total. The fraction of sp³-hybridized carbons (Fsp3) is 0.600. The maximum atomic E-state index is 10.4. The Kier molecular flexibility index (Phi) is 1.04. The van der Waals surface area contributed by atoms with E-state index in [9.17, 15) is 9.59 Å². The Morgan fingerprint density at radius 1 is 1.62 bits per heavy atom. The maximum Gasteiger partial charge on any atom is 0.252 e. The van der Waals surface area contributed by atoms with E-state index in [1.165, 1.54) is 0 Å². The van der Waals surface area contributed by atoms with Crippen molar-refractivity contribution in [1.82, 2.24) is 5.32 Å². The van der Waals surface area contributed by atoms with Crippen LogP contribution in [0.2, 0.25) is 0 Å². The Morgan fingerprint density at radius 3 is 2.38 bits per heavy atom. The number of carbonyl (C=O) groups excluding carboxylic acids is 2. The number of nitrogens with zero attached hydrogens (tertiary/aromatic N) is 1. The van der Waals surface area contributed by atoms with Crippen LogP contribution in [0.1, 0.15) is 13.3 Å². The molecule has 1 saturated heterocycles. The monoisotopic (exact) mass is 112 g/mol. The van der Waals surface area contributed by atoms with Gasteiger partial charge in [-0.2, -0.15) is 5.32 Å². The first-order valence-corrected chi connectivity index (χ1v) is 2.48. The van der Waals surface area contributed by atoms with Gasteiger partial charge in [-0.05, 0) is 0 Å². The van der Waals surface area contributed by atoms with Crippen LogP contribution in [0, 0.1) is 5.92 Å². The Bertz CT molecular complexity index is 141. The van der Waals surface area contributed by atoms with E-state index in [-0.39, 0.29) is 17.7 Å². The minimum atomic E-state index is -0.275. The summed E-state index contributed by atoms with van der Waals surface area (Å²) in [6.45, 7) is 1.71. The summed E-state index contributed by atoms with van der Waals surface area (Å²) in [5, 5.41) is 3.19. The lowest BCUT2D eigenvalue weighted by atomic mass is 10.1. The van der Waals surface area contributed by atoms with E-state index in [1.54, 1.807) is 6.92 Å². The highest BCUT2D eigenvalue weighted by atomic mass is 16.2. The first-order chi connectivity index (χ1) is 3.70. The van der Waals surface area contributed by atoms with Gasteiger partial charge in [0.25, 0.3) is 5.91 Å². The molecule has 0 aromatic heterocycles. The molecule has 1 aliphatic heterocycles. The van der Waals surface area contributed by atoms with Crippen molar-refractivity contribution in [2.45, 2.75) is 13.3 Å². The molecule has 1 rings (SSSR count). The predicted octanol–water partition coefficient (Wildman–Crippen LogP) is -0.316. The first kappa shape index (κ1) is 5.28. The van der Waals surface area contributed by atoms with E-state index in [2.05, 4.69) is 5.32 Å². The molecule has 0 spiro atoms. The standard InChI is InChI=1S/C5H6NO2/c1-3-2-4(7)6-5(3)8/h3H,2H2,1H3. The summed E-state index contributed by atoms with van der Waals surface area (Å²) in [6.07, 6.45) is 0.304.